The number of hydrogen-bond donors (Lipinski definition) is 2. The highest BCUT2D eigenvalue weighted by molar-refractivity contribution is 7.90. The van der Waals surface area contributed by atoms with Crippen LogP contribution in [-0.4, -0.2) is 49.5 Å². The van der Waals surface area contributed by atoms with Crippen molar-refractivity contribution in [1.29, 1.82) is 0 Å². The molecule has 0 spiro atoms. The maximum atomic E-state index is 12.9. The molecule has 0 saturated carbocycles. The van der Waals surface area contributed by atoms with Crippen LogP contribution >= 0.6 is 31.1 Å². The zero-order chi connectivity index (χ0) is 25.8. The van der Waals surface area contributed by atoms with Crippen molar-refractivity contribution in [1.82, 2.24) is 10.3 Å². The first-order valence-electron chi connectivity index (χ1n) is 10.9. The van der Waals surface area contributed by atoms with Gasteiger partial charge in [-0.1, -0.05) is 43.3 Å². The summed E-state index contributed by atoms with van der Waals surface area (Å²) in [6.07, 6.45) is 6.01. The monoisotopic (exact) mass is 552 g/mol. The molecular formula is C25H27Cl2N2O4PS. The number of carbonyl (C=O) groups is 1. The van der Waals surface area contributed by atoms with Gasteiger partial charge in [-0.15, -0.1) is 0 Å². The molecule has 1 amide bonds. The Morgan fingerprint density at radius 3 is 2.43 bits per heavy atom. The number of sulfone groups is 1. The van der Waals surface area contributed by atoms with E-state index in [0.717, 1.165) is 29.7 Å². The Hall–Kier alpha value is -2.18. The lowest BCUT2D eigenvalue weighted by Gasteiger charge is -2.17. The predicted molar refractivity (Wildman–Crippen MR) is 144 cm³/mol. The van der Waals surface area contributed by atoms with Crippen LogP contribution in [0.1, 0.15) is 28.4 Å². The van der Waals surface area contributed by atoms with Crippen LogP contribution in [0.5, 0.6) is 5.75 Å². The molecule has 0 radical (unpaired) electrons. The van der Waals surface area contributed by atoms with Crippen molar-refractivity contribution >= 4 is 52.2 Å². The molecule has 3 aromatic rings. The topological polar surface area (TPSA) is 96.4 Å². The Morgan fingerprint density at radius 2 is 1.80 bits per heavy atom. The zero-order valence-electron chi connectivity index (χ0n) is 19.6. The SMILES string of the molecule is CC(Cc1cncc(S(C)(=O)=O)c1)NC(=O)c1c(Cl)cc(CCP(C)c2cccc(O)c2)cc1Cl. The van der Waals surface area contributed by atoms with Crippen LogP contribution in [0.4, 0.5) is 0 Å². The van der Waals surface area contributed by atoms with Gasteiger partial charge in [0.15, 0.2) is 9.84 Å². The first-order chi connectivity index (χ1) is 16.4. The number of aryl methyl sites for hydroxylation is 1. The first kappa shape index (κ1) is 27.4. The van der Waals surface area contributed by atoms with Crippen LogP contribution in [0.25, 0.3) is 0 Å². The number of rotatable bonds is 9. The summed E-state index contributed by atoms with van der Waals surface area (Å²) in [7, 11) is -3.83. The van der Waals surface area contributed by atoms with Crippen LogP contribution in [-0.2, 0) is 22.7 Å². The number of pyridine rings is 1. The molecule has 0 aliphatic carbocycles. The molecule has 1 heterocycles. The number of aromatic hydroxyl groups is 1. The van der Waals surface area contributed by atoms with Gasteiger partial charge in [0.1, 0.15) is 5.75 Å². The molecule has 0 aliphatic heterocycles. The summed E-state index contributed by atoms with van der Waals surface area (Å²) in [5, 5.41) is 14.2. The molecule has 2 N–H and O–H groups in total. The highest BCUT2D eigenvalue weighted by atomic mass is 35.5. The molecule has 2 atom stereocenters. The number of benzene rings is 2. The Labute approximate surface area is 217 Å². The van der Waals surface area contributed by atoms with E-state index in [1.54, 1.807) is 36.5 Å². The number of nitrogens with zero attached hydrogens (tertiary/aromatic N) is 1. The van der Waals surface area contributed by atoms with Gasteiger partial charge in [0.25, 0.3) is 5.91 Å². The fourth-order valence-corrected chi connectivity index (χ4v) is 6.49. The third-order valence-electron chi connectivity index (χ3n) is 5.45. The van der Waals surface area contributed by atoms with Crippen molar-refractivity contribution in [3.8, 4) is 5.75 Å². The maximum Gasteiger partial charge on any atom is 0.254 e. The molecule has 0 fully saturated rings. The van der Waals surface area contributed by atoms with Crippen molar-refractivity contribution in [2.24, 2.45) is 0 Å². The first-order valence-corrected chi connectivity index (χ1v) is 15.5. The molecule has 1 aromatic heterocycles. The van der Waals surface area contributed by atoms with E-state index in [-0.39, 0.29) is 32.3 Å². The normalized spacial score (nSPS) is 13.3. The van der Waals surface area contributed by atoms with Crippen molar-refractivity contribution in [2.45, 2.75) is 30.7 Å². The van der Waals surface area contributed by atoms with E-state index in [2.05, 4.69) is 17.0 Å². The lowest BCUT2D eigenvalue weighted by molar-refractivity contribution is 0.0940. The molecule has 2 unspecified atom stereocenters. The number of amides is 1. The Kier molecular flexibility index (Phi) is 9.16. The number of nitrogens with one attached hydrogen (secondary N) is 1. The minimum Gasteiger partial charge on any atom is -0.508 e. The lowest BCUT2D eigenvalue weighted by atomic mass is 10.1. The van der Waals surface area contributed by atoms with E-state index in [1.165, 1.54) is 6.20 Å². The molecule has 6 nitrogen and oxygen atoms in total. The van der Waals surface area contributed by atoms with E-state index >= 15 is 0 Å². The van der Waals surface area contributed by atoms with Crippen molar-refractivity contribution in [3.63, 3.8) is 0 Å². The standard InChI is InChI=1S/C25H27Cl2N2O4PS/c1-16(9-18-10-21(15-28-14-18)35(3,32)33)29-25(31)24-22(26)11-17(12-23(24)27)7-8-34(2)20-6-4-5-19(30)13-20/h4-6,10-16,30H,7-9H2,1-3H3,(H,29,31). The van der Waals surface area contributed by atoms with Crippen LogP contribution in [0.2, 0.25) is 10.0 Å². The van der Waals surface area contributed by atoms with Crippen LogP contribution in [0.15, 0.2) is 59.8 Å². The van der Waals surface area contributed by atoms with Gasteiger partial charge in [-0.2, -0.15) is 0 Å². The van der Waals surface area contributed by atoms with E-state index in [1.807, 2.05) is 19.1 Å². The quantitative estimate of drug-likeness (QED) is 0.370. The summed E-state index contributed by atoms with van der Waals surface area (Å²) < 4.78 is 23.5. The molecule has 0 bridgehead atoms. The zero-order valence-corrected chi connectivity index (χ0v) is 22.8. The van der Waals surface area contributed by atoms with Gasteiger partial charge in [-0.05, 0) is 79.4 Å². The summed E-state index contributed by atoms with van der Waals surface area (Å²) >= 11 is 12.9. The fraction of sp³-hybridized carbons (Fsp3) is 0.280. The third kappa shape index (κ3) is 7.65. The Bertz CT molecular complexity index is 1310. The predicted octanol–water partition coefficient (Wildman–Crippen LogP) is 4.84. The van der Waals surface area contributed by atoms with E-state index in [4.69, 9.17) is 23.2 Å². The molecule has 186 valence electrons. The van der Waals surface area contributed by atoms with Crippen molar-refractivity contribution in [2.75, 3.05) is 19.1 Å². The molecular weight excluding hydrogens is 526 g/mol. The summed E-state index contributed by atoms with van der Waals surface area (Å²) in [6.45, 7) is 3.96. The fourth-order valence-electron chi connectivity index (χ4n) is 3.62. The van der Waals surface area contributed by atoms with Gasteiger partial charge in [0, 0.05) is 24.7 Å². The summed E-state index contributed by atoms with van der Waals surface area (Å²) in [5.74, 6) is -0.143. The average molecular weight is 553 g/mol. The van der Waals surface area contributed by atoms with Crippen molar-refractivity contribution in [3.05, 3.63) is 81.6 Å². The van der Waals surface area contributed by atoms with Crippen LogP contribution < -0.4 is 10.6 Å². The average Bonchev–Trinajstić information content (AvgIpc) is 2.76. The summed E-state index contributed by atoms with van der Waals surface area (Å²) in [4.78, 5) is 17.0. The summed E-state index contributed by atoms with van der Waals surface area (Å²) in [6, 6.07) is 12.1. The number of carbonyl (C=O) groups excluding carboxylic acids is 1. The highest BCUT2D eigenvalue weighted by Gasteiger charge is 2.19. The Morgan fingerprint density at radius 1 is 1.11 bits per heavy atom. The van der Waals surface area contributed by atoms with Crippen LogP contribution in [0.3, 0.4) is 0 Å². The molecule has 35 heavy (non-hydrogen) atoms. The van der Waals surface area contributed by atoms with Gasteiger partial charge in [0.2, 0.25) is 0 Å². The largest absolute Gasteiger partial charge is 0.508 e. The Balaban J connectivity index is 1.65. The minimum absolute atomic E-state index is 0.134. The smallest absolute Gasteiger partial charge is 0.254 e. The number of halogens is 2. The maximum absolute atomic E-state index is 12.9. The molecule has 0 saturated heterocycles. The van der Waals surface area contributed by atoms with Gasteiger partial charge >= 0.3 is 0 Å². The van der Waals surface area contributed by atoms with Gasteiger partial charge in [0.05, 0.1) is 20.5 Å². The second kappa shape index (κ2) is 11.7. The van der Waals surface area contributed by atoms with E-state index < -0.39 is 23.7 Å². The van der Waals surface area contributed by atoms with E-state index in [9.17, 15) is 18.3 Å². The van der Waals surface area contributed by atoms with Gasteiger partial charge in [-0.25, -0.2) is 8.42 Å². The molecule has 0 aliphatic rings. The van der Waals surface area contributed by atoms with Crippen molar-refractivity contribution < 1.29 is 18.3 Å². The number of phenols is 1. The molecule has 2 aromatic carbocycles. The van der Waals surface area contributed by atoms with Gasteiger partial charge in [-0.3, -0.25) is 9.78 Å². The second-order valence-corrected chi connectivity index (χ2v) is 13.7. The van der Waals surface area contributed by atoms with Crippen LogP contribution in [0, 0.1) is 0 Å². The minimum atomic E-state index is -3.37. The number of phenolic OH excluding ortho intramolecular Hbond substituents is 1. The van der Waals surface area contributed by atoms with Gasteiger partial charge < -0.3 is 10.4 Å². The second-order valence-electron chi connectivity index (χ2n) is 8.51. The molecule has 3 rings (SSSR count). The van der Waals surface area contributed by atoms with E-state index in [0.29, 0.717) is 12.0 Å². The summed E-state index contributed by atoms with van der Waals surface area (Å²) in [5.41, 5.74) is 1.83. The molecule has 10 heteroatoms. The lowest BCUT2D eigenvalue weighted by Crippen LogP contribution is -2.34. The number of aromatic nitrogens is 1. The number of hydrogen-bond acceptors (Lipinski definition) is 5. The highest BCUT2D eigenvalue weighted by Crippen LogP contribution is 2.33. The third-order valence-corrected chi connectivity index (χ3v) is 9.18.